The monoisotopic (exact) mass is 387 g/mol. The average Bonchev–Trinajstić information content (AvgIpc) is 3.20. The number of thiocarbonyl (C=S) groups is 1. The number of ether oxygens (including phenoxy) is 1. The number of hydrogen-bond donors (Lipinski definition) is 1. The van der Waals surface area contributed by atoms with Crippen LogP contribution >= 0.6 is 12.2 Å². The number of amides is 1. The first-order valence-electron chi connectivity index (χ1n) is 8.11. The highest BCUT2D eigenvalue weighted by Gasteiger charge is 2.29. The lowest BCUT2D eigenvalue weighted by Crippen LogP contribution is -2.30. The molecule has 0 bridgehead atoms. The topological polar surface area (TPSA) is 103 Å². The molecule has 1 fully saturated rings. The third-order valence-electron chi connectivity index (χ3n) is 4.06. The standard InChI is InChI=1S/C17H17N5O4S/c1-3-21-16(23)14(19-17(21)27)7-11-4-5-15(26-2)12(6-11)9-20-10-13(8-18-20)22(24)25/h4-8,10H,3,9H2,1-2H3,(H,19,27)/b14-7+. The first-order chi connectivity index (χ1) is 12.9. The van der Waals surface area contributed by atoms with Gasteiger partial charge in [0, 0.05) is 12.1 Å². The molecule has 2 heterocycles. The van der Waals surface area contributed by atoms with Crippen LogP contribution in [0.2, 0.25) is 0 Å². The van der Waals surface area contributed by atoms with Gasteiger partial charge in [-0.3, -0.25) is 24.5 Å². The van der Waals surface area contributed by atoms with Crippen molar-refractivity contribution in [1.82, 2.24) is 20.0 Å². The van der Waals surface area contributed by atoms with E-state index >= 15 is 0 Å². The van der Waals surface area contributed by atoms with Gasteiger partial charge in [-0.15, -0.1) is 0 Å². The number of nitrogens with one attached hydrogen (secondary N) is 1. The predicted molar refractivity (Wildman–Crippen MR) is 102 cm³/mol. The summed E-state index contributed by atoms with van der Waals surface area (Å²) in [5.74, 6) is 0.439. The van der Waals surface area contributed by atoms with Gasteiger partial charge in [0.05, 0.1) is 18.6 Å². The van der Waals surface area contributed by atoms with E-state index in [2.05, 4.69) is 10.4 Å². The Hall–Kier alpha value is -3.27. The van der Waals surface area contributed by atoms with E-state index in [9.17, 15) is 14.9 Å². The molecule has 0 atom stereocenters. The third-order valence-corrected chi connectivity index (χ3v) is 4.38. The zero-order valence-corrected chi connectivity index (χ0v) is 15.5. The normalized spacial score (nSPS) is 15.3. The number of methoxy groups -OCH3 is 1. The molecule has 1 amide bonds. The lowest BCUT2D eigenvalue weighted by Gasteiger charge is -2.10. The van der Waals surface area contributed by atoms with Gasteiger partial charge in [-0.05, 0) is 42.9 Å². The van der Waals surface area contributed by atoms with Crippen molar-refractivity contribution < 1.29 is 14.5 Å². The maximum absolute atomic E-state index is 12.3. The zero-order chi connectivity index (χ0) is 19.6. The molecule has 0 saturated carbocycles. The van der Waals surface area contributed by atoms with Crippen molar-refractivity contribution in [2.45, 2.75) is 13.5 Å². The number of carbonyl (C=O) groups excluding carboxylic acids is 1. The third kappa shape index (κ3) is 3.80. The molecule has 1 N–H and O–H groups in total. The van der Waals surface area contributed by atoms with Crippen LogP contribution in [0.3, 0.4) is 0 Å². The van der Waals surface area contributed by atoms with E-state index in [1.165, 1.54) is 22.0 Å². The van der Waals surface area contributed by atoms with E-state index in [-0.39, 0.29) is 18.1 Å². The molecule has 1 aromatic heterocycles. The van der Waals surface area contributed by atoms with Crippen LogP contribution in [0.25, 0.3) is 6.08 Å². The molecule has 1 aliphatic heterocycles. The molecule has 9 nitrogen and oxygen atoms in total. The molecular formula is C17H17N5O4S. The second-order valence-corrected chi connectivity index (χ2v) is 6.15. The second kappa shape index (κ2) is 7.54. The largest absolute Gasteiger partial charge is 0.496 e. The van der Waals surface area contributed by atoms with Crippen LogP contribution in [0, 0.1) is 10.1 Å². The SMILES string of the molecule is CCN1C(=O)/C(=C\c2ccc(OC)c(Cn3cc([N+](=O)[O-])cn3)c2)NC1=S. The molecule has 1 saturated heterocycles. The fourth-order valence-corrected chi connectivity index (χ4v) is 3.07. The van der Waals surface area contributed by atoms with E-state index in [4.69, 9.17) is 17.0 Å². The van der Waals surface area contributed by atoms with Gasteiger partial charge in [-0.1, -0.05) is 6.07 Å². The number of carbonyl (C=O) groups is 1. The highest BCUT2D eigenvalue weighted by Crippen LogP contribution is 2.24. The fourth-order valence-electron chi connectivity index (χ4n) is 2.75. The van der Waals surface area contributed by atoms with Gasteiger partial charge in [0.25, 0.3) is 5.91 Å². The Morgan fingerprint density at radius 3 is 2.81 bits per heavy atom. The summed E-state index contributed by atoms with van der Waals surface area (Å²) in [5.41, 5.74) is 1.85. The first-order valence-corrected chi connectivity index (χ1v) is 8.52. The van der Waals surface area contributed by atoms with Crippen LogP contribution in [-0.2, 0) is 11.3 Å². The Bertz CT molecular complexity index is 953. The van der Waals surface area contributed by atoms with Crippen molar-refractivity contribution in [2.24, 2.45) is 0 Å². The molecule has 1 aliphatic rings. The maximum Gasteiger partial charge on any atom is 0.307 e. The average molecular weight is 387 g/mol. The van der Waals surface area contributed by atoms with Gasteiger partial charge in [0.1, 0.15) is 23.8 Å². The minimum Gasteiger partial charge on any atom is -0.496 e. The summed E-state index contributed by atoms with van der Waals surface area (Å²) < 4.78 is 6.82. The summed E-state index contributed by atoms with van der Waals surface area (Å²) in [6, 6.07) is 5.43. The molecule has 0 aliphatic carbocycles. The summed E-state index contributed by atoms with van der Waals surface area (Å²) in [6.07, 6.45) is 4.25. The summed E-state index contributed by atoms with van der Waals surface area (Å²) >= 11 is 5.15. The lowest BCUT2D eigenvalue weighted by atomic mass is 10.1. The molecule has 27 heavy (non-hydrogen) atoms. The molecular weight excluding hydrogens is 370 g/mol. The summed E-state index contributed by atoms with van der Waals surface area (Å²) in [6.45, 7) is 2.63. The van der Waals surface area contributed by atoms with Crippen molar-refractivity contribution in [3.05, 3.63) is 57.5 Å². The van der Waals surface area contributed by atoms with Crippen LogP contribution in [0.15, 0.2) is 36.3 Å². The van der Waals surface area contributed by atoms with Crippen LogP contribution in [-0.4, -0.2) is 44.3 Å². The summed E-state index contributed by atoms with van der Waals surface area (Å²) in [7, 11) is 1.54. The molecule has 1 aromatic carbocycles. The number of benzene rings is 1. The smallest absolute Gasteiger partial charge is 0.307 e. The van der Waals surface area contributed by atoms with Crippen molar-refractivity contribution in [1.29, 1.82) is 0 Å². The Balaban J connectivity index is 1.89. The minimum absolute atomic E-state index is 0.0823. The van der Waals surface area contributed by atoms with Gasteiger partial charge in [-0.25, -0.2) is 0 Å². The Morgan fingerprint density at radius 2 is 2.22 bits per heavy atom. The first kappa shape index (κ1) is 18.5. The molecule has 10 heteroatoms. The molecule has 0 radical (unpaired) electrons. The number of likely N-dealkylation sites (N-methyl/N-ethyl adjacent to an activating group) is 1. The molecule has 0 spiro atoms. The van der Waals surface area contributed by atoms with Crippen molar-refractivity contribution >= 4 is 35.0 Å². The summed E-state index contributed by atoms with van der Waals surface area (Å²) in [4.78, 5) is 24.1. The number of hydrogen-bond acceptors (Lipinski definition) is 6. The van der Waals surface area contributed by atoms with E-state index < -0.39 is 4.92 Å². The fraction of sp³-hybridized carbons (Fsp3) is 0.235. The van der Waals surface area contributed by atoms with Crippen molar-refractivity contribution in [3.8, 4) is 5.75 Å². The van der Waals surface area contributed by atoms with Crippen LogP contribution < -0.4 is 10.1 Å². The lowest BCUT2D eigenvalue weighted by molar-refractivity contribution is -0.385. The molecule has 2 aromatic rings. The van der Waals surface area contributed by atoms with Gasteiger partial charge >= 0.3 is 5.69 Å². The Kier molecular flexibility index (Phi) is 5.17. The van der Waals surface area contributed by atoms with E-state index in [0.29, 0.717) is 23.1 Å². The van der Waals surface area contributed by atoms with Gasteiger partial charge in [0.2, 0.25) is 0 Å². The van der Waals surface area contributed by atoms with Gasteiger partial charge in [0.15, 0.2) is 5.11 Å². The zero-order valence-electron chi connectivity index (χ0n) is 14.7. The Morgan fingerprint density at radius 1 is 1.44 bits per heavy atom. The quantitative estimate of drug-likeness (QED) is 0.350. The second-order valence-electron chi connectivity index (χ2n) is 5.76. The molecule has 0 unspecified atom stereocenters. The van der Waals surface area contributed by atoms with Crippen molar-refractivity contribution in [2.75, 3.05) is 13.7 Å². The minimum atomic E-state index is -0.499. The number of nitro groups is 1. The molecule has 140 valence electrons. The van der Waals surface area contributed by atoms with E-state index in [1.807, 2.05) is 19.1 Å². The number of nitrogens with zero attached hydrogens (tertiary/aromatic N) is 4. The number of rotatable bonds is 6. The van der Waals surface area contributed by atoms with Crippen molar-refractivity contribution in [3.63, 3.8) is 0 Å². The van der Waals surface area contributed by atoms with Crippen LogP contribution in [0.1, 0.15) is 18.1 Å². The van der Waals surface area contributed by atoms with E-state index in [1.54, 1.807) is 19.3 Å². The highest BCUT2D eigenvalue weighted by molar-refractivity contribution is 7.80. The number of aromatic nitrogens is 2. The summed E-state index contributed by atoms with van der Waals surface area (Å²) in [5, 5.41) is 18.1. The van der Waals surface area contributed by atoms with E-state index in [0.717, 1.165) is 11.1 Å². The molecule has 3 rings (SSSR count). The highest BCUT2D eigenvalue weighted by atomic mass is 32.1. The van der Waals surface area contributed by atoms with Gasteiger partial charge < -0.3 is 10.1 Å². The van der Waals surface area contributed by atoms with Crippen LogP contribution in [0.4, 0.5) is 5.69 Å². The van der Waals surface area contributed by atoms with Crippen LogP contribution in [0.5, 0.6) is 5.75 Å². The Labute approximate surface area is 160 Å². The predicted octanol–water partition coefficient (Wildman–Crippen LogP) is 1.93. The van der Waals surface area contributed by atoms with Gasteiger partial charge in [-0.2, -0.15) is 5.10 Å². The maximum atomic E-state index is 12.3.